The highest BCUT2D eigenvalue weighted by molar-refractivity contribution is 5.80. The molecule has 2 fully saturated rings. The highest BCUT2D eigenvalue weighted by Gasteiger charge is 2.23. The molecule has 0 radical (unpaired) electrons. The molecule has 2 heterocycles. The summed E-state index contributed by atoms with van der Waals surface area (Å²) in [6, 6.07) is 4.04. The van der Waals surface area contributed by atoms with Crippen LogP contribution in [0, 0.1) is 5.92 Å². The molecule has 3 rings (SSSR count). The molecular formula is C22H35N5O2. The molecule has 1 amide bonds. The SMILES string of the molecule is CN=C(NCc1ccc(OC2CCCCC2)nc1)N1CCC(CC(=O)NC)CC1. The number of ether oxygens (including phenoxy) is 1. The summed E-state index contributed by atoms with van der Waals surface area (Å²) in [5.41, 5.74) is 1.11. The predicted molar refractivity (Wildman–Crippen MR) is 115 cm³/mol. The molecule has 1 aliphatic heterocycles. The zero-order valence-corrected chi connectivity index (χ0v) is 17.8. The Morgan fingerprint density at radius 2 is 1.97 bits per heavy atom. The number of aliphatic imine (C=N–C) groups is 1. The predicted octanol–water partition coefficient (Wildman–Crippen LogP) is 2.72. The van der Waals surface area contributed by atoms with Gasteiger partial charge in [-0.1, -0.05) is 12.5 Å². The fourth-order valence-corrected chi connectivity index (χ4v) is 4.17. The van der Waals surface area contributed by atoms with Crippen molar-refractivity contribution in [2.75, 3.05) is 27.2 Å². The van der Waals surface area contributed by atoms with Gasteiger partial charge in [0.15, 0.2) is 5.96 Å². The summed E-state index contributed by atoms with van der Waals surface area (Å²) >= 11 is 0. The van der Waals surface area contributed by atoms with Crippen molar-refractivity contribution in [2.45, 2.75) is 64.0 Å². The molecule has 1 saturated carbocycles. The van der Waals surface area contributed by atoms with Crippen molar-refractivity contribution >= 4 is 11.9 Å². The Labute approximate surface area is 174 Å². The fraction of sp³-hybridized carbons (Fsp3) is 0.682. The van der Waals surface area contributed by atoms with Crippen LogP contribution in [0.15, 0.2) is 23.3 Å². The number of hydrogen-bond donors (Lipinski definition) is 2. The molecule has 1 aromatic heterocycles. The number of hydrogen-bond acceptors (Lipinski definition) is 4. The number of likely N-dealkylation sites (tertiary alicyclic amines) is 1. The van der Waals surface area contributed by atoms with Gasteiger partial charge in [-0.25, -0.2) is 4.98 Å². The van der Waals surface area contributed by atoms with Gasteiger partial charge < -0.3 is 20.3 Å². The number of piperidine rings is 1. The number of nitrogens with one attached hydrogen (secondary N) is 2. The maximum Gasteiger partial charge on any atom is 0.220 e. The second-order valence-corrected chi connectivity index (χ2v) is 8.09. The second-order valence-electron chi connectivity index (χ2n) is 8.09. The van der Waals surface area contributed by atoms with Gasteiger partial charge in [0.05, 0.1) is 0 Å². The van der Waals surface area contributed by atoms with E-state index < -0.39 is 0 Å². The number of amides is 1. The van der Waals surface area contributed by atoms with E-state index in [1.807, 2.05) is 19.3 Å². The standard InChI is InChI=1S/C22H35N5O2/c1-23-20(28)14-17-10-12-27(13-11-17)22(24-2)26-16-18-8-9-21(25-15-18)29-19-6-4-3-5-7-19/h8-9,15,17,19H,3-7,10-14,16H2,1-2H3,(H,23,28)(H,24,26). The molecular weight excluding hydrogens is 366 g/mol. The van der Waals surface area contributed by atoms with Crippen molar-refractivity contribution in [3.05, 3.63) is 23.9 Å². The molecule has 0 aromatic carbocycles. The van der Waals surface area contributed by atoms with Crippen LogP contribution in [0.25, 0.3) is 0 Å². The zero-order valence-electron chi connectivity index (χ0n) is 17.8. The molecule has 7 nitrogen and oxygen atoms in total. The number of guanidine groups is 1. The van der Waals surface area contributed by atoms with Crippen molar-refractivity contribution in [2.24, 2.45) is 10.9 Å². The monoisotopic (exact) mass is 401 g/mol. The first kappa shape index (κ1) is 21.4. The normalized spacial score (nSPS) is 19.1. The van der Waals surface area contributed by atoms with Crippen LogP contribution in [0.3, 0.4) is 0 Å². The molecule has 0 unspecified atom stereocenters. The number of aromatic nitrogens is 1. The van der Waals surface area contributed by atoms with Gasteiger partial charge in [0, 0.05) is 52.4 Å². The Morgan fingerprint density at radius 3 is 2.59 bits per heavy atom. The van der Waals surface area contributed by atoms with Crippen molar-refractivity contribution in [3.8, 4) is 5.88 Å². The van der Waals surface area contributed by atoms with E-state index in [0.29, 0.717) is 25.0 Å². The summed E-state index contributed by atoms with van der Waals surface area (Å²) in [5, 5.41) is 6.16. The second kappa shape index (κ2) is 11.0. The van der Waals surface area contributed by atoms with E-state index in [1.54, 1.807) is 7.05 Å². The number of rotatable bonds is 6. The quantitative estimate of drug-likeness (QED) is 0.566. The molecule has 2 aliphatic rings. The van der Waals surface area contributed by atoms with Crippen LogP contribution >= 0.6 is 0 Å². The topological polar surface area (TPSA) is 78.9 Å². The van der Waals surface area contributed by atoms with E-state index in [4.69, 9.17) is 4.74 Å². The van der Waals surface area contributed by atoms with E-state index >= 15 is 0 Å². The Balaban J connectivity index is 1.43. The molecule has 160 valence electrons. The minimum Gasteiger partial charge on any atom is -0.474 e. The van der Waals surface area contributed by atoms with E-state index in [2.05, 4.69) is 31.6 Å². The smallest absolute Gasteiger partial charge is 0.220 e. The van der Waals surface area contributed by atoms with Gasteiger partial charge in [-0.15, -0.1) is 0 Å². The molecule has 0 bridgehead atoms. The minimum absolute atomic E-state index is 0.134. The van der Waals surface area contributed by atoms with Gasteiger partial charge in [0.2, 0.25) is 11.8 Å². The van der Waals surface area contributed by atoms with Crippen molar-refractivity contribution < 1.29 is 9.53 Å². The minimum atomic E-state index is 0.134. The van der Waals surface area contributed by atoms with E-state index in [9.17, 15) is 4.79 Å². The van der Waals surface area contributed by atoms with Gasteiger partial charge in [0.25, 0.3) is 0 Å². The average molecular weight is 402 g/mol. The highest BCUT2D eigenvalue weighted by Crippen LogP contribution is 2.22. The van der Waals surface area contributed by atoms with E-state index in [0.717, 1.165) is 56.2 Å². The number of nitrogens with zero attached hydrogens (tertiary/aromatic N) is 3. The summed E-state index contributed by atoms with van der Waals surface area (Å²) in [5.74, 6) is 2.23. The number of carbonyl (C=O) groups is 1. The summed E-state index contributed by atoms with van der Waals surface area (Å²) in [4.78, 5) is 22.8. The molecule has 0 spiro atoms. The molecule has 1 saturated heterocycles. The van der Waals surface area contributed by atoms with Gasteiger partial charge in [-0.3, -0.25) is 9.79 Å². The summed E-state index contributed by atoms with van der Waals surface area (Å²) < 4.78 is 6.01. The third-order valence-corrected chi connectivity index (χ3v) is 5.97. The van der Waals surface area contributed by atoms with Gasteiger partial charge in [0.1, 0.15) is 6.10 Å². The lowest BCUT2D eigenvalue weighted by atomic mass is 9.93. The molecule has 7 heteroatoms. The van der Waals surface area contributed by atoms with Crippen LogP contribution in [0.1, 0.15) is 56.9 Å². The van der Waals surface area contributed by atoms with Crippen LogP contribution < -0.4 is 15.4 Å². The molecule has 0 atom stereocenters. The molecule has 1 aromatic rings. The van der Waals surface area contributed by atoms with Gasteiger partial charge in [-0.05, 0) is 50.0 Å². The number of carbonyl (C=O) groups excluding carboxylic acids is 1. The highest BCUT2D eigenvalue weighted by atomic mass is 16.5. The van der Waals surface area contributed by atoms with Crippen molar-refractivity contribution in [1.82, 2.24) is 20.5 Å². The van der Waals surface area contributed by atoms with E-state index in [-0.39, 0.29) is 5.91 Å². The first-order valence-electron chi connectivity index (χ1n) is 11.0. The van der Waals surface area contributed by atoms with Gasteiger partial charge in [-0.2, -0.15) is 0 Å². The third kappa shape index (κ3) is 6.61. The average Bonchev–Trinajstić information content (AvgIpc) is 2.77. The Bertz CT molecular complexity index is 662. The Hall–Kier alpha value is -2.31. The Morgan fingerprint density at radius 1 is 1.21 bits per heavy atom. The fourth-order valence-electron chi connectivity index (χ4n) is 4.17. The largest absolute Gasteiger partial charge is 0.474 e. The lowest BCUT2D eigenvalue weighted by Gasteiger charge is -2.34. The maximum atomic E-state index is 11.6. The van der Waals surface area contributed by atoms with Gasteiger partial charge >= 0.3 is 0 Å². The van der Waals surface area contributed by atoms with Crippen LogP contribution in [-0.2, 0) is 11.3 Å². The zero-order chi connectivity index (χ0) is 20.5. The molecule has 1 aliphatic carbocycles. The first-order valence-corrected chi connectivity index (χ1v) is 11.0. The maximum absolute atomic E-state index is 11.6. The lowest BCUT2D eigenvalue weighted by Crippen LogP contribution is -2.45. The summed E-state index contributed by atoms with van der Waals surface area (Å²) in [7, 11) is 3.52. The van der Waals surface area contributed by atoms with Crippen LogP contribution in [-0.4, -0.2) is 55.0 Å². The van der Waals surface area contributed by atoms with Crippen molar-refractivity contribution in [3.63, 3.8) is 0 Å². The Kier molecular flexibility index (Phi) is 8.14. The first-order chi connectivity index (χ1) is 14.2. The molecule has 2 N–H and O–H groups in total. The summed E-state index contributed by atoms with van der Waals surface area (Å²) in [6.45, 7) is 2.53. The summed E-state index contributed by atoms with van der Waals surface area (Å²) in [6.07, 6.45) is 11.0. The van der Waals surface area contributed by atoms with Crippen LogP contribution in [0.4, 0.5) is 0 Å². The van der Waals surface area contributed by atoms with Crippen LogP contribution in [0.2, 0.25) is 0 Å². The third-order valence-electron chi connectivity index (χ3n) is 5.97. The van der Waals surface area contributed by atoms with E-state index in [1.165, 1.54) is 19.3 Å². The van der Waals surface area contributed by atoms with Crippen LogP contribution in [0.5, 0.6) is 5.88 Å². The molecule has 29 heavy (non-hydrogen) atoms. The number of pyridine rings is 1. The lowest BCUT2D eigenvalue weighted by molar-refractivity contribution is -0.121. The van der Waals surface area contributed by atoms with Crippen molar-refractivity contribution in [1.29, 1.82) is 0 Å².